The largest absolute Gasteiger partial charge is 0.299 e. The number of alkyl halides is 1. The van der Waals surface area contributed by atoms with Crippen molar-refractivity contribution in [3.05, 3.63) is 16.3 Å². The molecule has 0 bridgehead atoms. The number of thiophene rings is 1. The molecule has 1 atom stereocenters. The average Bonchev–Trinajstić information content (AvgIpc) is 3.03. The van der Waals surface area contributed by atoms with Crippen molar-refractivity contribution in [1.82, 2.24) is 9.21 Å². The molecule has 0 radical (unpaired) electrons. The smallest absolute Gasteiger partial charge is 0.244 e. The maximum atomic E-state index is 12.8. The summed E-state index contributed by atoms with van der Waals surface area (Å²) in [4.78, 5) is 3.59. The summed E-state index contributed by atoms with van der Waals surface area (Å²) in [6.45, 7) is 3.37. The van der Waals surface area contributed by atoms with Crippen molar-refractivity contribution in [2.24, 2.45) is 0 Å². The lowest BCUT2D eigenvalue weighted by Gasteiger charge is -2.25. The first-order valence-electron chi connectivity index (χ1n) is 6.99. The number of hydrogen-bond acceptors (Lipinski definition) is 4. The zero-order chi connectivity index (χ0) is 14.2. The van der Waals surface area contributed by atoms with Crippen molar-refractivity contribution >= 4 is 33.0 Å². The van der Waals surface area contributed by atoms with Crippen LogP contribution in [0.25, 0.3) is 0 Å². The average molecular weight is 335 g/mol. The van der Waals surface area contributed by atoms with Crippen LogP contribution in [0.1, 0.15) is 24.1 Å². The third kappa shape index (κ3) is 2.64. The molecule has 1 aromatic rings. The zero-order valence-electron chi connectivity index (χ0n) is 11.3. The summed E-state index contributed by atoms with van der Waals surface area (Å²) in [5.74, 6) is 0.260. The minimum Gasteiger partial charge on any atom is -0.299 e. The van der Waals surface area contributed by atoms with Gasteiger partial charge in [-0.15, -0.1) is 22.9 Å². The van der Waals surface area contributed by atoms with Crippen LogP contribution in [0.15, 0.2) is 16.3 Å². The summed E-state index contributed by atoms with van der Waals surface area (Å²) in [7, 11) is -3.39. The Hall–Kier alpha value is -0.140. The molecule has 112 valence electrons. The molecule has 0 amide bonds. The second kappa shape index (κ2) is 5.93. The maximum Gasteiger partial charge on any atom is 0.244 e. The second-order valence-corrected chi connectivity index (χ2v) is 8.56. The Morgan fingerprint density at radius 3 is 2.90 bits per heavy atom. The van der Waals surface area contributed by atoms with Crippen molar-refractivity contribution in [1.29, 1.82) is 0 Å². The van der Waals surface area contributed by atoms with Crippen LogP contribution in [0.5, 0.6) is 0 Å². The van der Waals surface area contributed by atoms with Crippen LogP contribution >= 0.6 is 22.9 Å². The van der Waals surface area contributed by atoms with E-state index in [2.05, 4.69) is 4.90 Å². The number of rotatable bonds is 3. The Bertz CT molecular complexity index is 573. The quantitative estimate of drug-likeness (QED) is 0.797. The van der Waals surface area contributed by atoms with E-state index in [1.54, 1.807) is 10.4 Å². The van der Waals surface area contributed by atoms with Gasteiger partial charge in [0, 0.05) is 24.0 Å². The predicted octanol–water partition coefficient (Wildman–Crippen LogP) is 2.35. The molecule has 2 aliphatic rings. The highest BCUT2D eigenvalue weighted by atomic mass is 35.5. The molecule has 2 saturated heterocycles. The van der Waals surface area contributed by atoms with Gasteiger partial charge in [0.1, 0.15) is 0 Å². The van der Waals surface area contributed by atoms with Crippen LogP contribution in [-0.4, -0.2) is 49.8 Å². The Balaban J connectivity index is 1.87. The summed E-state index contributed by atoms with van der Waals surface area (Å²) < 4.78 is 27.3. The molecule has 0 aliphatic carbocycles. The molecule has 1 unspecified atom stereocenters. The van der Waals surface area contributed by atoms with Gasteiger partial charge in [-0.2, -0.15) is 4.31 Å². The van der Waals surface area contributed by atoms with Gasteiger partial charge in [0.25, 0.3) is 0 Å². The fourth-order valence-corrected chi connectivity index (χ4v) is 6.38. The minimum absolute atomic E-state index is 0.260. The van der Waals surface area contributed by atoms with Crippen molar-refractivity contribution < 1.29 is 8.42 Å². The number of fused-ring (bicyclic) bond motifs is 1. The highest BCUT2D eigenvalue weighted by Crippen LogP contribution is 2.29. The maximum absolute atomic E-state index is 12.8. The van der Waals surface area contributed by atoms with E-state index in [1.165, 1.54) is 17.8 Å². The lowest BCUT2D eigenvalue weighted by molar-refractivity contribution is 0.257. The van der Waals surface area contributed by atoms with Gasteiger partial charge in [-0.1, -0.05) is 0 Å². The van der Waals surface area contributed by atoms with E-state index in [1.807, 2.05) is 5.38 Å². The molecule has 4 nitrogen and oxygen atoms in total. The van der Waals surface area contributed by atoms with E-state index in [-0.39, 0.29) is 5.88 Å². The van der Waals surface area contributed by atoms with Crippen LogP contribution in [0.4, 0.5) is 0 Å². The second-order valence-electron chi connectivity index (χ2n) is 5.39. The fourth-order valence-electron chi connectivity index (χ4n) is 3.19. The third-order valence-electron chi connectivity index (χ3n) is 4.21. The van der Waals surface area contributed by atoms with E-state index in [0.717, 1.165) is 30.8 Å². The molecule has 2 aliphatic heterocycles. The molecule has 3 rings (SSSR count). The van der Waals surface area contributed by atoms with Crippen molar-refractivity contribution in [2.75, 3.05) is 26.2 Å². The lowest BCUT2D eigenvalue weighted by atomic mass is 10.2. The van der Waals surface area contributed by atoms with Crippen LogP contribution in [0.2, 0.25) is 0 Å². The van der Waals surface area contributed by atoms with Gasteiger partial charge in [0.15, 0.2) is 0 Å². The van der Waals surface area contributed by atoms with Crippen LogP contribution in [-0.2, 0) is 15.9 Å². The van der Waals surface area contributed by atoms with Gasteiger partial charge in [0.2, 0.25) is 10.0 Å². The topological polar surface area (TPSA) is 40.6 Å². The minimum atomic E-state index is -3.39. The monoisotopic (exact) mass is 334 g/mol. The predicted molar refractivity (Wildman–Crippen MR) is 81.8 cm³/mol. The molecule has 20 heavy (non-hydrogen) atoms. The Kier molecular flexibility index (Phi) is 4.38. The molecule has 1 aromatic heterocycles. The molecule has 2 fully saturated rings. The molecule has 0 N–H and O–H groups in total. The molecular formula is C13H19ClN2O2S2. The summed E-state index contributed by atoms with van der Waals surface area (Å²) in [6.07, 6.45) is 3.21. The van der Waals surface area contributed by atoms with Crippen LogP contribution < -0.4 is 0 Å². The number of hydrogen-bond donors (Lipinski definition) is 0. The highest BCUT2D eigenvalue weighted by Gasteiger charge is 2.35. The molecule has 7 heteroatoms. The molecule has 3 heterocycles. The summed E-state index contributed by atoms with van der Waals surface area (Å²) in [5, 5.41) is 1.81. The summed E-state index contributed by atoms with van der Waals surface area (Å²) in [6, 6.07) is 2.08. The molecule has 0 saturated carbocycles. The highest BCUT2D eigenvalue weighted by molar-refractivity contribution is 7.89. The van der Waals surface area contributed by atoms with E-state index in [0.29, 0.717) is 24.0 Å². The first-order valence-corrected chi connectivity index (χ1v) is 9.85. The Morgan fingerprint density at radius 1 is 1.30 bits per heavy atom. The van der Waals surface area contributed by atoms with E-state index in [4.69, 9.17) is 11.6 Å². The summed E-state index contributed by atoms with van der Waals surface area (Å²) in [5.41, 5.74) is 0. The normalized spacial score (nSPS) is 25.6. The van der Waals surface area contributed by atoms with E-state index < -0.39 is 10.0 Å². The number of nitrogens with zero attached hydrogens (tertiary/aromatic N) is 2. The van der Waals surface area contributed by atoms with Gasteiger partial charge in [0.05, 0.1) is 10.8 Å². The fraction of sp³-hybridized carbons (Fsp3) is 0.692. The Morgan fingerprint density at radius 2 is 2.10 bits per heavy atom. The van der Waals surface area contributed by atoms with Gasteiger partial charge in [-0.25, -0.2) is 8.42 Å². The number of halogens is 1. The first-order chi connectivity index (χ1) is 9.63. The van der Waals surface area contributed by atoms with Crippen molar-refractivity contribution in [3.8, 4) is 0 Å². The molecule has 0 aromatic carbocycles. The lowest BCUT2D eigenvalue weighted by Crippen LogP contribution is -2.39. The SMILES string of the molecule is O=S(=O)(c1ccsc1CCl)N1CCCN2CCCC2C1. The zero-order valence-corrected chi connectivity index (χ0v) is 13.7. The molecule has 0 spiro atoms. The standard InChI is InChI=1S/C13H19ClN2O2S2/c14-9-12-13(4-8-19-12)20(17,18)16-7-2-6-15-5-1-3-11(15)10-16/h4,8,11H,1-3,5-7,9-10H2. The third-order valence-corrected chi connectivity index (χ3v) is 7.64. The summed E-state index contributed by atoms with van der Waals surface area (Å²) >= 11 is 7.28. The van der Waals surface area contributed by atoms with Crippen LogP contribution in [0, 0.1) is 0 Å². The van der Waals surface area contributed by atoms with Gasteiger partial charge >= 0.3 is 0 Å². The first kappa shape index (κ1) is 14.8. The van der Waals surface area contributed by atoms with Crippen LogP contribution in [0.3, 0.4) is 0 Å². The van der Waals surface area contributed by atoms with Crippen molar-refractivity contribution in [3.63, 3.8) is 0 Å². The Labute approximate surface area is 129 Å². The van der Waals surface area contributed by atoms with Gasteiger partial charge < -0.3 is 0 Å². The van der Waals surface area contributed by atoms with Gasteiger partial charge in [-0.05, 0) is 43.8 Å². The van der Waals surface area contributed by atoms with Gasteiger partial charge in [-0.3, -0.25) is 4.90 Å². The van der Waals surface area contributed by atoms with E-state index in [9.17, 15) is 8.42 Å². The molecular weight excluding hydrogens is 316 g/mol. The van der Waals surface area contributed by atoms with E-state index >= 15 is 0 Å². The number of sulfonamides is 1. The van der Waals surface area contributed by atoms with Crippen molar-refractivity contribution in [2.45, 2.75) is 36.1 Å².